The van der Waals surface area contributed by atoms with E-state index >= 15 is 0 Å². The van der Waals surface area contributed by atoms with Crippen LogP contribution < -0.4 is 10.6 Å². The van der Waals surface area contributed by atoms with Gasteiger partial charge in [-0.15, -0.1) is 5.10 Å². The number of carbonyl (C=O) groups excluding carboxylic acids is 3. The molecule has 2 N–H and O–H groups in total. The SMILES string of the molecule is CC(C)(C)[C@H](NC(=O)C(F)(F)F)C(=O)N1C[C@H]2[C@@H]([C@H]1C(=O)N[C@H](C#N)Cn1nnc3ccccc31)C2(C)C. The predicted octanol–water partition coefficient (Wildman–Crippen LogP) is 2.02. The van der Waals surface area contributed by atoms with Crippen molar-refractivity contribution in [1.29, 1.82) is 5.26 Å². The first-order chi connectivity index (χ1) is 17.6. The molecule has 10 nitrogen and oxygen atoms in total. The Balaban J connectivity index is 1.56. The molecule has 2 aromatic rings. The Morgan fingerprint density at radius 2 is 1.84 bits per heavy atom. The smallest absolute Gasteiger partial charge is 0.337 e. The van der Waals surface area contributed by atoms with Crippen LogP contribution in [0, 0.1) is 34.0 Å². The minimum atomic E-state index is -5.17. The average molecular weight is 534 g/mol. The monoisotopic (exact) mass is 533 g/mol. The van der Waals surface area contributed by atoms with Crippen LogP contribution in [0.5, 0.6) is 0 Å². The van der Waals surface area contributed by atoms with E-state index in [4.69, 9.17) is 0 Å². The second-order valence-electron chi connectivity index (χ2n) is 11.6. The van der Waals surface area contributed by atoms with Gasteiger partial charge in [-0.3, -0.25) is 14.4 Å². The zero-order valence-electron chi connectivity index (χ0n) is 21.7. The third kappa shape index (κ3) is 4.91. The fraction of sp³-hybridized carbons (Fsp3) is 0.600. The number of benzene rings is 1. The van der Waals surface area contributed by atoms with Crippen LogP contribution in [0.25, 0.3) is 11.0 Å². The number of nitrogens with zero attached hydrogens (tertiary/aromatic N) is 5. The number of hydrogen-bond donors (Lipinski definition) is 2. The van der Waals surface area contributed by atoms with Crippen molar-refractivity contribution >= 4 is 28.8 Å². The molecule has 3 amide bonds. The van der Waals surface area contributed by atoms with Gasteiger partial charge in [-0.1, -0.05) is 52.0 Å². The van der Waals surface area contributed by atoms with Crippen molar-refractivity contribution in [2.45, 2.75) is 65.5 Å². The van der Waals surface area contributed by atoms with E-state index in [-0.39, 0.29) is 30.3 Å². The minimum Gasteiger partial charge on any atom is -0.337 e. The van der Waals surface area contributed by atoms with E-state index in [0.29, 0.717) is 11.0 Å². The molecule has 1 aliphatic heterocycles. The maximum atomic E-state index is 13.6. The summed E-state index contributed by atoms with van der Waals surface area (Å²) in [6, 6.07) is 5.65. The van der Waals surface area contributed by atoms with Crippen molar-refractivity contribution in [1.82, 2.24) is 30.5 Å². The fourth-order valence-corrected chi connectivity index (χ4v) is 5.44. The molecule has 38 heavy (non-hydrogen) atoms. The summed E-state index contributed by atoms with van der Waals surface area (Å²) in [5.74, 6) is -3.85. The molecule has 5 atom stereocenters. The number of amides is 3. The molecule has 204 valence electrons. The van der Waals surface area contributed by atoms with Crippen molar-refractivity contribution in [3.05, 3.63) is 24.3 Å². The maximum absolute atomic E-state index is 13.6. The van der Waals surface area contributed by atoms with E-state index in [0.717, 1.165) is 0 Å². The highest BCUT2D eigenvalue weighted by Crippen LogP contribution is 2.65. The number of fused-ring (bicyclic) bond motifs is 2. The number of piperidine rings is 1. The van der Waals surface area contributed by atoms with Crippen LogP contribution in [0.15, 0.2) is 24.3 Å². The molecule has 13 heteroatoms. The lowest BCUT2D eigenvalue weighted by Crippen LogP contribution is -2.61. The van der Waals surface area contributed by atoms with Crippen molar-refractivity contribution in [2.24, 2.45) is 22.7 Å². The first kappa shape index (κ1) is 27.3. The van der Waals surface area contributed by atoms with E-state index in [9.17, 15) is 32.8 Å². The van der Waals surface area contributed by atoms with Gasteiger partial charge in [0.05, 0.1) is 18.1 Å². The third-order valence-electron chi connectivity index (χ3n) is 7.65. The van der Waals surface area contributed by atoms with Gasteiger partial charge >= 0.3 is 12.1 Å². The van der Waals surface area contributed by atoms with Crippen LogP contribution in [0.4, 0.5) is 13.2 Å². The molecule has 1 saturated heterocycles. The molecule has 0 unspecified atom stereocenters. The van der Waals surface area contributed by atoms with Gasteiger partial charge < -0.3 is 15.5 Å². The number of hydrogen-bond acceptors (Lipinski definition) is 6. The zero-order chi connectivity index (χ0) is 28.2. The Bertz CT molecular complexity index is 1310. The number of likely N-dealkylation sites (tertiary alicyclic amines) is 1. The second-order valence-corrected chi connectivity index (χ2v) is 11.6. The van der Waals surface area contributed by atoms with E-state index in [1.165, 1.54) is 30.4 Å². The second kappa shape index (κ2) is 9.25. The van der Waals surface area contributed by atoms with Crippen LogP contribution in [-0.4, -0.2) is 68.5 Å². The summed E-state index contributed by atoms with van der Waals surface area (Å²) in [7, 11) is 0. The van der Waals surface area contributed by atoms with Crippen molar-refractivity contribution in [3.63, 3.8) is 0 Å². The van der Waals surface area contributed by atoms with E-state index in [1.807, 2.05) is 25.2 Å². The summed E-state index contributed by atoms with van der Waals surface area (Å²) in [5, 5.41) is 22.3. The Morgan fingerprint density at radius 3 is 2.45 bits per heavy atom. The number of nitrogens with one attached hydrogen (secondary N) is 2. The molecule has 0 radical (unpaired) electrons. The zero-order valence-corrected chi connectivity index (χ0v) is 21.7. The van der Waals surface area contributed by atoms with Gasteiger partial charge in [0, 0.05) is 6.54 Å². The van der Waals surface area contributed by atoms with E-state index in [1.54, 1.807) is 24.3 Å². The lowest BCUT2D eigenvalue weighted by atomic mass is 9.85. The summed E-state index contributed by atoms with van der Waals surface area (Å²) >= 11 is 0. The number of aromatic nitrogens is 3. The Labute approximate surface area is 217 Å². The summed E-state index contributed by atoms with van der Waals surface area (Å²) in [5.41, 5.74) is -0.0311. The fourth-order valence-electron chi connectivity index (χ4n) is 5.44. The molecule has 2 fully saturated rings. The summed E-state index contributed by atoms with van der Waals surface area (Å²) in [6.07, 6.45) is -5.17. The van der Waals surface area contributed by atoms with Gasteiger partial charge in [0.15, 0.2) is 0 Å². The van der Waals surface area contributed by atoms with E-state index in [2.05, 4.69) is 15.6 Å². The molecule has 1 aliphatic carbocycles. The standard InChI is InChI=1S/C25H30F3N7O3/c1-23(2,3)19(31-22(38)25(26,27)28)21(37)34-12-14-17(24(14,4)5)18(34)20(36)30-13(10-29)11-35-16-9-7-6-8-15(16)32-33-35/h6-9,13-14,17-19H,11-12H2,1-5H3,(H,30,36)(H,31,38)/t13-,14+,17+,18+,19-/m1/s1. The van der Waals surface area contributed by atoms with Crippen LogP contribution in [0.3, 0.4) is 0 Å². The lowest BCUT2D eigenvalue weighted by Gasteiger charge is -2.37. The minimum absolute atomic E-state index is 0.00711. The van der Waals surface area contributed by atoms with Crippen LogP contribution >= 0.6 is 0 Å². The molecule has 1 aromatic heterocycles. The van der Waals surface area contributed by atoms with Gasteiger partial charge in [0.25, 0.3) is 0 Å². The highest BCUT2D eigenvalue weighted by atomic mass is 19.4. The van der Waals surface area contributed by atoms with Crippen molar-refractivity contribution in [2.75, 3.05) is 6.54 Å². The number of nitriles is 1. The molecule has 1 aromatic carbocycles. The van der Waals surface area contributed by atoms with Crippen LogP contribution in [-0.2, 0) is 20.9 Å². The third-order valence-corrected chi connectivity index (χ3v) is 7.65. The van der Waals surface area contributed by atoms with E-state index < -0.39 is 47.4 Å². The van der Waals surface area contributed by atoms with Crippen LogP contribution in [0.2, 0.25) is 0 Å². The highest BCUT2D eigenvalue weighted by molar-refractivity contribution is 5.95. The molecule has 4 rings (SSSR count). The average Bonchev–Trinajstić information content (AvgIpc) is 3.19. The van der Waals surface area contributed by atoms with Gasteiger partial charge in [-0.05, 0) is 34.8 Å². The number of para-hydroxylation sites is 1. The number of carbonyl (C=O) groups is 3. The molecule has 2 aliphatic rings. The molecule has 0 spiro atoms. The highest BCUT2D eigenvalue weighted by Gasteiger charge is 2.70. The Kier molecular flexibility index (Phi) is 6.66. The Morgan fingerprint density at radius 1 is 1.18 bits per heavy atom. The van der Waals surface area contributed by atoms with Gasteiger partial charge in [0.2, 0.25) is 11.8 Å². The topological polar surface area (TPSA) is 133 Å². The predicted molar refractivity (Wildman–Crippen MR) is 129 cm³/mol. The molecule has 0 bridgehead atoms. The largest absolute Gasteiger partial charge is 0.471 e. The molecular weight excluding hydrogens is 503 g/mol. The normalized spacial score (nSPS) is 23.8. The molecule has 1 saturated carbocycles. The first-order valence-electron chi connectivity index (χ1n) is 12.2. The van der Waals surface area contributed by atoms with Crippen molar-refractivity contribution < 1.29 is 27.6 Å². The maximum Gasteiger partial charge on any atom is 0.471 e. The lowest BCUT2D eigenvalue weighted by molar-refractivity contribution is -0.176. The van der Waals surface area contributed by atoms with Crippen molar-refractivity contribution in [3.8, 4) is 6.07 Å². The number of halogens is 3. The number of alkyl halides is 3. The summed E-state index contributed by atoms with van der Waals surface area (Å²) < 4.78 is 40.5. The first-order valence-corrected chi connectivity index (χ1v) is 12.2. The van der Waals surface area contributed by atoms with Gasteiger partial charge in [-0.25, -0.2) is 4.68 Å². The quantitative estimate of drug-likeness (QED) is 0.584. The van der Waals surface area contributed by atoms with Gasteiger partial charge in [0.1, 0.15) is 23.6 Å². The summed E-state index contributed by atoms with van der Waals surface area (Å²) in [6.45, 7) is 8.70. The van der Waals surface area contributed by atoms with Crippen LogP contribution in [0.1, 0.15) is 34.6 Å². The Hall–Kier alpha value is -3.69. The number of rotatable bonds is 6. The molecular formula is C25H30F3N7O3. The summed E-state index contributed by atoms with van der Waals surface area (Å²) in [4.78, 5) is 40.1. The molecule has 2 heterocycles. The van der Waals surface area contributed by atoms with Gasteiger partial charge in [-0.2, -0.15) is 18.4 Å².